The van der Waals surface area contributed by atoms with Crippen molar-refractivity contribution in [1.29, 1.82) is 0 Å². The first-order chi connectivity index (χ1) is 29.9. The van der Waals surface area contributed by atoms with Crippen LogP contribution in [-0.4, -0.2) is 15.7 Å². The molecule has 9 rings (SSSR count). The molecule has 0 spiro atoms. The minimum Gasteiger partial charge on any atom is -0.277 e. The van der Waals surface area contributed by atoms with Crippen molar-refractivity contribution >= 4 is 32.8 Å². The molecule has 0 aliphatic heterocycles. The Morgan fingerprint density at radius 3 is 1.77 bits per heavy atom. The van der Waals surface area contributed by atoms with Crippen LogP contribution in [-0.2, 0) is 0 Å². The second-order valence-electron chi connectivity index (χ2n) is 15.3. The Morgan fingerprint density at radius 1 is 0.508 bits per heavy atom. The highest BCUT2D eigenvalue weighted by molar-refractivity contribution is 6.14. The molecule has 0 radical (unpaired) electrons. The van der Waals surface area contributed by atoms with Gasteiger partial charge < -0.3 is 0 Å². The van der Waals surface area contributed by atoms with Gasteiger partial charge in [0.15, 0.2) is 5.82 Å². The normalized spacial score (nSPS) is 12.2. The lowest BCUT2D eigenvalue weighted by Gasteiger charge is -2.18. The fourth-order valence-corrected chi connectivity index (χ4v) is 8.17. The molecule has 0 amide bonds. The van der Waals surface area contributed by atoms with Crippen LogP contribution in [0.25, 0.3) is 72.1 Å². The minimum absolute atomic E-state index is 0.203. The Bertz CT molecular complexity index is 3020. The quantitative estimate of drug-likeness (QED) is 0.108. The van der Waals surface area contributed by atoms with Gasteiger partial charge in [-0.25, -0.2) is 9.97 Å². The molecular weight excluding hydrogens is 739 g/mol. The molecule has 0 N–H and O–H groups in total. The fraction of sp³-hybridized carbons (Fsp3) is 0.121. The maximum absolute atomic E-state index is 5.52. The molecule has 0 saturated carbocycles. The summed E-state index contributed by atoms with van der Waals surface area (Å²) < 4.78 is 0. The van der Waals surface area contributed by atoms with Crippen LogP contribution in [0.5, 0.6) is 0 Å². The van der Waals surface area contributed by atoms with E-state index in [0.717, 1.165) is 67.2 Å². The Hall–Kier alpha value is -7.23. The van der Waals surface area contributed by atoms with Crippen LogP contribution in [0.4, 0.5) is 0 Å². The summed E-state index contributed by atoms with van der Waals surface area (Å²) in [5.74, 6) is 0.681. The summed E-state index contributed by atoms with van der Waals surface area (Å²) in [6.45, 7) is 12.7. The lowest BCUT2D eigenvalue weighted by Crippen LogP contribution is -2.04. The third-order valence-electron chi connectivity index (χ3n) is 11.4. The molecule has 0 bridgehead atoms. The summed E-state index contributed by atoms with van der Waals surface area (Å²) in [4.78, 5) is 16.4. The van der Waals surface area contributed by atoms with Crippen LogP contribution in [0.2, 0.25) is 0 Å². The van der Waals surface area contributed by atoms with Gasteiger partial charge in [0, 0.05) is 22.3 Å². The summed E-state index contributed by atoms with van der Waals surface area (Å²) in [7, 11) is 0. The van der Waals surface area contributed by atoms with Gasteiger partial charge in [0.05, 0.1) is 23.1 Å². The first kappa shape index (κ1) is 40.5. The van der Waals surface area contributed by atoms with E-state index in [0.29, 0.717) is 5.82 Å². The van der Waals surface area contributed by atoms with E-state index in [9.17, 15) is 0 Å². The predicted molar refractivity (Wildman–Crippen MR) is 261 cm³/mol. The van der Waals surface area contributed by atoms with E-state index in [4.69, 9.17) is 15.0 Å². The highest BCUT2D eigenvalue weighted by Crippen LogP contribution is 2.40. The Morgan fingerprint density at radius 2 is 1.07 bits per heavy atom. The van der Waals surface area contributed by atoms with E-state index in [1.807, 2.05) is 13.8 Å². The molecule has 298 valence electrons. The van der Waals surface area contributed by atoms with Crippen LogP contribution < -0.4 is 0 Å². The summed E-state index contributed by atoms with van der Waals surface area (Å²) in [5.41, 5.74) is 14.9. The first-order valence-electron chi connectivity index (χ1n) is 21.3. The molecule has 0 aliphatic carbocycles. The van der Waals surface area contributed by atoms with Crippen molar-refractivity contribution in [2.24, 2.45) is 4.99 Å². The number of aliphatic imine (C=N–C) groups is 1. The number of rotatable bonds is 9. The number of aryl methyl sites for hydroxylation is 1. The van der Waals surface area contributed by atoms with Crippen molar-refractivity contribution < 1.29 is 0 Å². The van der Waals surface area contributed by atoms with Crippen LogP contribution >= 0.6 is 0 Å². The van der Waals surface area contributed by atoms with Crippen LogP contribution in [0.15, 0.2) is 199 Å². The molecule has 61 heavy (non-hydrogen) atoms. The minimum atomic E-state index is -0.203. The van der Waals surface area contributed by atoms with Gasteiger partial charge in [0.2, 0.25) is 0 Å². The van der Waals surface area contributed by atoms with E-state index in [1.54, 1.807) is 0 Å². The van der Waals surface area contributed by atoms with Crippen molar-refractivity contribution in [1.82, 2.24) is 9.97 Å². The molecule has 1 aromatic heterocycles. The SMILES string of the molecule is C/C(=C\C(=NC(C)c1cc(-c2nc(-c3ccccc3)c(C)c(-c3ccccc3C)n2)cc(-c2cc3ccccc3c3ccccc23)c1)c1ccccc1)c1ccccc1.CC. The molecule has 0 saturated heterocycles. The maximum Gasteiger partial charge on any atom is 0.160 e. The number of hydrogen-bond donors (Lipinski definition) is 0. The zero-order chi connectivity index (χ0) is 42.3. The smallest absolute Gasteiger partial charge is 0.160 e. The number of aromatic nitrogens is 2. The van der Waals surface area contributed by atoms with Gasteiger partial charge in [-0.05, 0) is 119 Å². The van der Waals surface area contributed by atoms with Crippen molar-refractivity contribution in [3.63, 3.8) is 0 Å². The summed E-state index contributed by atoms with van der Waals surface area (Å²) in [6.07, 6.45) is 2.21. The third kappa shape index (κ3) is 8.60. The molecule has 1 unspecified atom stereocenters. The van der Waals surface area contributed by atoms with Gasteiger partial charge in [0.1, 0.15) is 0 Å². The Balaban J connectivity index is 0.00000253. The molecule has 1 atom stereocenters. The zero-order valence-electron chi connectivity index (χ0n) is 35.9. The number of fused-ring (bicyclic) bond motifs is 3. The maximum atomic E-state index is 5.52. The van der Waals surface area contributed by atoms with Gasteiger partial charge in [-0.2, -0.15) is 0 Å². The molecule has 1 heterocycles. The monoisotopic (exact) mass is 789 g/mol. The number of benzene rings is 8. The number of allylic oxidation sites excluding steroid dienone is 2. The average molecular weight is 790 g/mol. The molecule has 3 heteroatoms. The standard InChI is InChI=1S/C56H45N3.C2H6/c1-37-20-14-16-28-48(37)55-39(3)54(43-25-12-7-13-26-43)58-56(59-55)47-34-45(33-46(35-47)52-36-44-27-15-17-29-49(44)50-30-18-19-31-51(50)52)40(4)57-53(42-23-10-6-11-24-42)32-38(2)41-21-8-5-9-22-41;1-2/h5-36,40H,1-4H3;1-2H3/b38-32+,57-53?;. The molecule has 3 nitrogen and oxygen atoms in total. The average Bonchev–Trinajstić information content (AvgIpc) is 3.32. The van der Waals surface area contributed by atoms with Crippen LogP contribution in [0, 0.1) is 13.8 Å². The van der Waals surface area contributed by atoms with Gasteiger partial charge in [-0.3, -0.25) is 4.99 Å². The Kier molecular flexibility index (Phi) is 12.2. The first-order valence-corrected chi connectivity index (χ1v) is 21.3. The van der Waals surface area contributed by atoms with E-state index in [2.05, 4.69) is 222 Å². The Labute approximate surface area is 360 Å². The highest BCUT2D eigenvalue weighted by Gasteiger charge is 2.20. The van der Waals surface area contributed by atoms with Gasteiger partial charge >= 0.3 is 0 Å². The van der Waals surface area contributed by atoms with E-state index < -0.39 is 0 Å². The van der Waals surface area contributed by atoms with E-state index in [-0.39, 0.29) is 6.04 Å². The van der Waals surface area contributed by atoms with Crippen molar-refractivity contribution in [2.45, 2.75) is 47.6 Å². The second-order valence-corrected chi connectivity index (χ2v) is 15.3. The second kappa shape index (κ2) is 18.4. The molecule has 9 aromatic rings. The summed E-state index contributed by atoms with van der Waals surface area (Å²) >= 11 is 0. The molecule has 0 fully saturated rings. The predicted octanol–water partition coefficient (Wildman–Crippen LogP) is 15.7. The largest absolute Gasteiger partial charge is 0.277 e. The molecular formula is C58H51N3. The number of hydrogen-bond acceptors (Lipinski definition) is 3. The molecule has 8 aromatic carbocycles. The van der Waals surface area contributed by atoms with E-state index in [1.165, 1.54) is 32.7 Å². The van der Waals surface area contributed by atoms with Crippen molar-refractivity contribution in [3.8, 4) is 45.0 Å². The number of nitrogens with zero attached hydrogens (tertiary/aromatic N) is 3. The van der Waals surface area contributed by atoms with Crippen molar-refractivity contribution in [3.05, 3.63) is 222 Å². The molecule has 0 aliphatic rings. The third-order valence-corrected chi connectivity index (χ3v) is 11.4. The lowest BCUT2D eigenvalue weighted by molar-refractivity contribution is 0.822. The van der Waals surface area contributed by atoms with Crippen LogP contribution in [0.1, 0.15) is 61.6 Å². The highest BCUT2D eigenvalue weighted by atomic mass is 14.9. The van der Waals surface area contributed by atoms with Gasteiger partial charge in [0.25, 0.3) is 0 Å². The van der Waals surface area contributed by atoms with Crippen LogP contribution in [0.3, 0.4) is 0 Å². The summed E-state index contributed by atoms with van der Waals surface area (Å²) in [5, 5.41) is 4.87. The van der Waals surface area contributed by atoms with Crippen molar-refractivity contribution in [2.75, 3.05) is 0 Å². The topological polar surface area (TPSA) is 38.1 Å². The lowest BCUT2D eigenvalue weighted by atomic mass is 9.90. The summed E-state index contributed by atoms with van der Waals surface area (Å²) in [6, 6.07) is 66.3. The zero-order valence-corrected chi connectivity index (χ0v) is 35.9. The van der Waals surface area contributed by atoms with E-state index >= 15 is 0 Å². The van der Waals surface area contributed by atoms with Gasteiger partial charge in [-0.1, -0.05) is 178 Å². The van der Waals surface area contributed by atoms with Gasteiger partial charge in [-0.15, -0.1) is 0 Å². The fourth-order valence-electron chi connectivity index (χ4n) is 8.17.